The number of rotatable bonds is 58. The van der Waals surface area contributed by atoms with E-state index in [0.29, 0.717) is 19.3 Å². The van der Waals surface area contributed by atoms with Gasteiger partial charge in [0.1, 0.15) is 13.2 Å². The first-order valence-electron chi connectivity index (χ1n) is 31.9. The maximum Gasteiger partial charge on any atom is 0.306 e. The van der Waals surface area contributed by atoms with E-state index in [4.69, 9.17) is 14.2 Å². The van der Waals surface area contributed by atoms with Crippen LogP contribution in [0.3, 0.4) is 0 Å². The van der Waals surface area contributed by atoms with Crippen LogP contribution in [-0.2, 0) is 28.6 Å². The second-order valence-electron chi connectivity index (χ2n) is 21.3. The smallest absolute Gasteiger partial charge is 0.306 e. The van der Waals surface area contributed by atoms with Crippen molar-refractivity contribution in [3.8, 4) is 0 Å². The van der Waals surface area contributed by atoms with E-state index in [-0.39, 0.29) is 31.1 Å². The Hall–Kier alpha value is -3.15. The number of ether oxygens (including phenoxy) is 3. The summed E-state index contributed by atoms with van der Waals surface area (Å²) in [4.78, 5) is 38.0. The molecule has 0 bridgehead atoms. The van der Waals surface area contributed by atoms with Crippen LogP contribution >= 0.6 is 0 Å². The summed E-state index contributed by atoms with van der Waals surface area (Å²) in [5, 5.41) is 0. The van der Waals surface area contributed by atoms with Crippen molar-refractivity contribution in [3.63, 3.8) is 0 Å². The van der Waals surface area contributed by atoms with Gasteiger partial charge in [-0.25, -0.2) is 0 Å². The van der Waals surface area contributed by atoms with Crippen molar-refractivity contribution >= 4 is 17.9 Å². The third-order valence-corrected chi connectivity index (χ3v) is 14.0. The van der Waals surface area contributed by atoms with Gasteiger partial charge >= 0.3 is 17.9 Å². The summed E-state index contributed by atoms with van der Waals surface area (Å²) in [5.74, 6) is -0.858. The fourth-order valence-corrected chi connectivity index (χ4v) is 9.21. The van der Waals surface area contributed by atoms with E-state index in [1.54, 1.807) is 0 Å². The third kappa shape index (κ3) is 59.7. The lowest BCUT2D eigenvalue weighted by molar-refractivity contribution is -0.167. The predicted molar refractivity (Wildman–Crippen MR) is 321 cm³/mol. The molecule has 0 saturated carbocycles. The van der Waals surface area contributed by atoms with Crippen molar-refractivity contribution in [1.29, 1.82) is 0 Å². The lowest BCUT2D eigenvalue weighted by Crippen LogP contribution is -2.30. The van der Waals surface area contributed by atoms with E-state index in [1.165, 1.54) is 186 Å². The van der Waals surface area contributed by atoms with Gasteiger partial charge in [0.25, 0.3) is 0 Å². The van der Waals surface area contributed by atoms with Crippen molar-refractivity contribution in [3.05, 3.63) is 72.9 Å². The van der Waals surface area contributed by atoms with Crippen molar-refractivity contribution < 1.29 is 28.6 Å². The number of esters is 3. The number of carbonyl (C=O) groups excluding carboxylic acids is 3. The second-order valence-corrected chi connectivity index (χ2v) is 21.3. The molecule has 0 aromatic carbocycles. The largest absolute Gasteiger partial charge is 0.462 e. The van der Waals surface area contributed by atoms with Gasteiger partial charge in [-0.05, 0) is 70.6 Å². The first-order chi connectivity index (χ1) is 36.5. The zero-order valence-electron chi connectivity index (χ0n) is 49.1. The third-order valence-electron chi connectivity index (χ3n) is 14.0. The lowest BCUT2D eigenvalue weighted by atomic mass is 10.0. The Kier molecular flexibility index (Phi) is 59.7. The maximum atomic E-state index is 12.8. The van der Waals surface area contributed by atoms with Crippen LogP contribution in [0.4, 0.5) is 0 Å². The van der Waals surface area contributed by atoms with Gasteiger partial charge < -0.3 is 14.2 Å². The molecular weight excluding hydrogens is 913 g/mol. The van der Waals surface area contributed by atoms with Crippen LogP contribution in [-0.4, -0.2) is 37.2 Å². The van der Waals surface area contributed by atoms with Gasteiger partial charge in [-0.15, -0.1) is 0 Å². The van der Waals surface area contributed by atoms with E-state index in [2.05, 4.69) is 93.7 Å². The Morgan fingerprint density at radius 3 is 0.824 bits per heavy atom. The zero-order valence-corrected chi connectivity index (χ0v) is 49.1. The molecule has 0 spiro atoms. The fraction of sp³-hybridized carbons (Fsp3) is 0.779. The van der Waals surface area contributed by atoms with E-state index in [1.807, 2.05) is 0 Å². The quantitative estimate of drug-likeness (QED) is 0.0261. The summed E-state index contributed by atoms with van der Waals surface area (Å²) < 4.78 is 16.8. The van der Waals surface area contributed by atoms with Crippen LogP contribution in [0.1, 0.15) is 323 Å². The molecular formula is C68H120O6. The summed E-state index contributed by atoms with van der Waals surface area (Å²) in [6, 6.07) is 0. The predicted octanol–water partition coefficient (Wildman–Crippen LogP) is 21.7. The monoisotopic (exact) mass is 1030 g/mol. The fourth-order valence-electron chi connectivity index (χ4n) is 9.21. The molecule has 428 valence electrons. The van der Waals surface area contributed by atoms with Crippen molar-refractivity contribution in [2.24, 2.45) is 0 Å². The van der Waals surface area contributed by atoms with Gasteiger partial charge in [0.05, 0.1) is 0 Å². The van der Waals surface area contributed by atoms with Crippen LogP contribution in [0.25, 0.3) is 0 Å². The molecule has 0 aromatic heterocycles. The molecule has 6 heteroatoms. The molecule has 0 radical (unpaired) electrons. The molecule has 0 fully saturated rings. The summed E-state index contributed by atoms with van der Waals surface area (Å²) in [5.41, 5.74) is 0. The van der Waals surface area contributed by atoms with Gasteiger partial charge in [0, 0.05) is 19.3 Å². The number of hydrogen-bond acceptors (Lipinski definition) is 6. The molecule has 0 aliphatic carbocycles. The van der Waals surface area contributed by atoms with Crippen molar-refractivity contribution in [1.82, 2.24) is 0 Å². The Morgan fingerprint density at radius 2 is 0.527 bits per heavy atom. The SMILES string of the molecule is CC/C=C\C/C=C\C/C=C\C/C=C\C/C=C\C/C=C\CCCCCCCCCCCCCCCCCCC(=O)OCC(COC(=O)CCCCCCCCCC)OC(=O)CCCCCCCCCCCCCCC. The highest BCUT2D eigenvalue weighted by atomic mass is 16.6. The normalized spacial score (nSPS) is 12.5. The van der Waals surface area contributed by atoms with E-state index < -0.39 is 6.10 Å². The highest BCUT2D eigenvalue weighted by Gasteiger charge is 2.19. The Bertz CT molecular complexity index is 1370. The number of carbonyl (C=O) groups is 3. The first kappa shape index (κ1) is 70.8. The molecule has 74 heavy (non-hydrogen) atoms. The van der Waals surface area contributed by atoms with Gasteiger partial charge in [0.15, 0.2) is 6.10 Å². The Morgan fingerprint density at radius 1 is 0.284 bits per heavy atom. The minimum Gasteiger partial charge on any atom is -0.462 e. The van der Waals surface area contributed by atoms with Crippen LogP contribution in [0, 0.1) is 0 Å². The topological polar surface area (TPSA) is 78.9 Å². The molecule has 0 amide bonds. The highest BCUT2D eigenvalue weighted by Crippen LogP contribution is 2.17. The Balaban J connectivity index is 3.99. The van der Waals surface area contributed by atoms with Gasteiger partial charge in [-0.3, -0.25) is 14.4 Å². The average molecular weight is 1030 g/mol. The molecule has 0 heterocycles. The van der Waals surface area contributed by atoms with E-state index in [0.717, 1.165) is 96.3 Å². The summed E-state index contributed by atoms with van der Waals surface area (Å²) in [7, 11) is 0. The summed E-state index contributed by atoms with van der Waals surface area (Å²) in [6.07, 6.45) is 80.8. The maximum absolute atomic E-state index is 12.8. The molecule has 0 aliphatic heterocycles. The van der Waals surface area contributed by atoms with Crippen LogP contribution in [0.15, 0.2) is 72.9 Å². The standard InChI is InChI=1S/C68H120O6/c1-4-7-10-13-16-19-21-23-24-25-26-27-28-29-30-31-32-33-34-35-36-37-38-39-40-41-42-43-44-46-47-49-52-55-58-61-67(70)73-64-65(63-72-66(69)60-57-54-51-18-15-12-9-6-3)74-68(71)62-59-56-53-50-48-45-22-20-17-14-11-8-5-2/h7,10,16,19,23-24,26-27,29-30,32-33,65H,4-6,8-9,11-15,17-18,20-22,25,28,31,34-64H2,1-3H3/b10-7-,19-16-,24-23-,27-26-,30-29-,33-32-. The molecule has 0 aromatic rings. The van der Waals surface area contributed by atoms with Crippen LogP contribution in [0.5, 0.6) is 0 Å². The lowest BCUT2D eigenvalue weighted by Gasteiger charge is -2.18. The molecule has 0 aliphatic rings. The summed E-state index contributed by atoms with van der Waals surface area (Å²) >= 11 is 0. The van der Waals surface area contributed by atoms with Gasteiger partial charge in [0.2, 0.25) is 0 Å². The van der Waals surface area contributed by atoms with Crippen LogP contribution < -0.4 is 0 Å². The number of allylic oxidation sites excluding steroid dienone is 12. The molecule has 1 atom stereocenters. The number of unbranched alkanes of at least 4 members (excludes halogenated alkanes) is 35. The first-order valence-corrected chi connectivity index (χ1v) is 31.9. The van der Waals surface area contributed by atoms with Crippen LogP contribution in [0.2, 0.25) is 0 Å². The highest BCUT2D eigenvalue weighted by molar-refractivity contribution is 5.71. The molecule has 0 rings (SSSR count). The van der Waals surface area contributed by atoms with E-state index in [9.17, 15) is 14.4 Å². The average Bonchev–Trinajstić information content (AvgIpc) is 3.40. The molecule has 0 saturated heterocycles. The minimum absolute atomic E-state index is 0.0687. The van der Waals surface area contributed by atoms with Crippen molar-refractivity contribution in [2.75, 3.05) is 13.2 Å². The Labute approximate surface area is 459 Å². The minimum atomic E-state index is -0.767. The van der Waals surface area contributed by atoms with Gasteiger partial charge in [-0.2, -0.15) is 0 Å². The second kappa shape index (κ2) is 62.4. The van der Waals surface area contributed by atoms with E-state index >= 15 is 0 Å². The molecule has 6 nitrogen and oxygen atoms in total. The number of hydrogen-bond donors (Lipinski definition) is 0. The molecule has 0 N–H and O–H groups in total. The summed E-state index contributed by atoms with van der Waals surface area (Å²) in [6.45, 7) is 6.53. The van der Waals surface area contributed by atoms with Crippen molar-refractivity contribution in [2.45, 2.75) is 329 Å². The molecule has 1 unspecified atom stereocenters. The van der Waals surface area contributed by atoms with Gasteiger partial charge in [-0.1, -0.05) is 306 Å². The zero-order chi connectivity index (χ0) is 53.6.